The van der Waals surface area contributed by atoms with Gasteiger partial charge in [0.15, 0.2) is 0 Å². The molecule has 1 aromatic carbocycles. The molecule has 5 heteroatoms. The molecule has 0 bridgehead atoms. The molecular formula is C16H17N3O2. The van der Waals surface area contributed by atoms with E-state index in [0.717, 1.165) is 5.56 Å². The maximum absolute atomic E-state index is 11.8. The van der Waals surface area contributed by atoms with E-state index in [4.69, 9.17) is 9.68 Å². The van der Waals surface area contributed by atoms with Crippen LogP contribution in [0.1, 0.15) is 27.4 Å². The fraction of sp³-hybridized carbons (Fsp3) is 0.250. The predicted molar refractivity (Wildman–Crippen MR) is 78.6 cm³/mol. The summed E-state index contributed by atoms with van der Waals surface area (Å²) >= 11 is 0. The first-order chi connectivity index (χ1) is 10.2. The van der Waals surface area contributed by atoms with Gasteiger partial charge in [-0.2, -0.15) is 5.26 Å². The molecule has 1 heterocycles. The summed E-state index contributed by atoms with van der Waals surface area (Å²) in [6, 6.07) is 12.8. The van der Waals surface area contributed by atoms with Gasteiger partial charge in [0.2, 0.25) is 5.76 Å². The molecule has 0 saturated heterocycles. The number of furan rings is 1. The lowest BCUT2D eigenvalue weighted by atomic mass is 10.1. The highest BCUT2D eigenvalue weighted by Gasteiger charge is 2.04. The van der Waals surface area contributed by atoms with Crippen LogP contribution >= 0.6 is 0 Å². The van der Waals surface area contributed by atoms with Crippen LogP contribution in [-0.2, 0) is 6.54 Å². The van der Waals surface area contributed by atoms with Gasteiger partial charge >= 0.3 is 0 Å². The molecule has 0 spiro atoms. The molecular weight excluding hydrogens is 266 g/mol. The minimum Gasteiger partial charge on any atom is -0.449 e. The Hall–Kier alpha value is -2.58. The highest BCUT2D eigenvalue weighted by Crippen LogP contribution is 2.05. The van der Waals surface area contributed by atoms with Crippen molar-refractivity contribution in [3.63, 3.8) is 0 Å². The van der Waals surface area contributed by atoms with E-state index in [0.29, 0.717) is 36.7 Å². The van der Waals surface area contributed by atoms with Gasteiger partial charge in [0.05, 0.1) is 6.54 Å². The van der Waals surface area contributed by atoms with Gasteiger partial charge in [-0.1, -0.05) is 17.7 Å². The van der Waals surface area contributed by atoms with Crippen molar-refractivity contribution >= 4 is 5.91 Å². The smallest absolute Gasteiger partial charge is 0.251 e. The number of aryl methyl sites for hydroxylation is 1. The first-order valence-electron chi connectivity index (χ1n) is 6.73. The van der Waals surface area contributed by atoms with E-state index >= 15 is 0 Å². The van der Waals surface area contributed by atoms with Crippen LogP contribution in [0.3, 0.4) is 0 Å². The Balaban J connectivity index is 1.66. The van der Waals surface area contributed by atoms with E-state index in [9.17, 15) is 4.79 Å². The normalized spacial score (nSPS) is 10.1. The van der Waals surface area contributed by atoms with Crippen molar-refractivity contribution in [2.75, 3.05) is 13.1 Å². The lowest BCUT2D eigenvalue weighted by Gasteiger charge is -2.06. The Kier molecular flexibility index (Phi) is 5.13. The Morgan fingerprint density at radius 2 is 1.95 bits per heavy atom. The Bertz CT molecular complexity index is 638. The Morgan fingerprint density at radius 3 is 2.62 bits per heavy atom. The summed E-state index contributed by atoms with van der Waals surface area (Å²) in [5.41, 5.74) is 1.79. The van der Waals surface area contributed by atoms with E-state index in [1.165, 1.54) is 0 Å². The van der Waals surface area contributed by atoms with Gasteiger partial charge in [-0.05, 0) is 31.2 Å². The third kappa shape index (κ3) is 4.48. The van der Waals surface area contributed by atoms with E-state index in [1.807, 2.05) is 37.3 Å². The Morgan fingerprint density at radius 1 is 1.19 bits per heavy atom. The number of hydrogen-bond donors (Lipinski definition) is 2. The van der Waals surface area contributed by atoms with Gasteiger partial charge in [0, 0.05) is 18.7 Å². The summed E-state index contributed by atoms with van der Waals surface area (Å²) in [5.74, 6) is 0.928. The summed E-state index contributed by atoms with van der Waals surface area (Å²) in [7, 11) is 0. The number of rotatable bonds is 6. The first kappa shape index (κ1) is 14.8. The molecule has 0 saturated carbocycles. The van der Waals surface area contributed by atoms with Crippen molar-refractivity contribution in [2.24, 2.45) is 0 Å². The molecule has 108 valence electrons. The number of carbonyl (C=O) groups excluding carboxylic acids is 1. The van der Waals surface area contributed by atoms with Crippen molar-refractivity contribution in [1.29, 1.82) is 5.26 Å². The van der Waals surface area contributed by atoms with Gasteiger partial charge in [0.1, 0.15) is 11.8 Å². The maximum Gasteiger partial charge on any atom is 0.251 e. The van der Waals surface area contributed by atoms with E-state index in [2.05, 4.69) is 10.6 Å². The zero-order valence-electron chi connectivity index (χ0n) is 11.8. The standard InChI is InChI=1S/C16H17N3O2/c1-12-2-4-13(5-3-12)16(20)19-9-8-18-11-15-7-6-14(10-17)21-15/h2-7,18H,8-9,11H2,1H3,(H,19,20). The molecule has 0 aliphatic heterocycles. The fourth-order valence-corrected chi connectivity index (χ4v) is 1.82. The fourth-order valence-electron chi connectivity index (χ4n) is 1.82. The van der Waals surface area contributed by atoms with Crippen LogP contribution in [-0.4, -0.2) is 19.0 Å². The second kappa shape index (κ2) is 7.27. The van der Waals surface area contributed by atoms with Crippen molar-refractivity contribution < 1.29 is 9.21 Å². The van der Waals surface area contributed by atoms with Crippen LogP contribution < -0.4 is 10.6 Å². The minimum absolute atomic E-state index is 0.0819. The average molecular weight is 283 g/mol. The number of nitrogens with one attached hydrogen (secondary N) is 2. The number of amides is 1. The molecule has 1 amide bonds. The lowest BCUT2D eigenvalue weighted by molar-refractivity contribution is 0.0954. The van der Waals surface area contributed by atoms with E-state index in [1.54, 1.807) is 12.1 Å². The van der Waals surface area contributed by atoms with Crippen molar-refractivity contribution in [3.8, 4) is 6.07 Å². The van der Waals surface area contributed by atoms with Crippen LogP contribution in [0.2, 0.25) is 0 Å². The molecule has 0 fully saturated rings. The Labute approximate surface area is 123 Å². The van der Waals surface area contributed by atoms with Gasteiger partial charge in [0.25, 0.3) is 5.91 Å². The third-order valence-electron chi connectivity index (χ3n) is 2.97. The lowest BCUT2D eigenvalue weighted by Crippen LogP contribution is -2.31. The predicted octanol–water partition coefficient (Wildman–Crippen LogP) is 1.98. The quantitative estimate of drug-likeness (QED) is 0.795. The van der Waals surface area contributed by atoms with Crippen LogP contribution in [0, 0.1) is 18.3 Å². The number of carbonyl (C=O) groups is 1. The average Bonchev–Trinajstić information content (AvgIpc) is 2.95. The summed E-state index contributed by atoms with van der Waals surface area (Å²) in [6.07, 6.45) is 0. The molecule has 0 aliphatic carbocycles. The summed E-state index contributed by atoms with van der Waals surface area (Å²) in [6.45, 7) is 3.67. The van der Waals surface area contributed by atoms with Crippen LogP contribution in [0.4, 0.5) is 0 Å². The number of nitriles is 1. The summed E-state index contributed by atoms with van der Waals surface area (Å²) in [4.78, 5) is 11.8. The molecule has 1 aromatic heterocycles. The van der Waals surface area contributed by atoms with E-state index in [-0.39, 0.29) is 5.91 Å². The second-order valence-electron chi connectivity index (χ2n) is 4.68. The SMILES string of the molecule is Cc1ccc(C(=O)NCCNCc2ccc(C#N)o2)cc1. The molecule has 21 heavy (non-hydrogen) atoms. The van der Waals surface area contributed by atoms with Gasteiger partial charge in [-0.3, -0.25) is 4.79 Å². The number of nitrogens with zero attached hydrogens (tertiary/aromatic N) is 1. The van der Waals surface area contributed by atoms with Crippen LogP contribution in [0.15, 0.2) is 40.8 Å². The maximum atomic E-state index is 11.8. The summed E-state index contributed by atoms with van der Waals surface area (Å²) in [5, 5.41) is 14.6. The zero-order valence-corrected chi connectivity index (χ0v) is 11.8. The number of hydrogen-bond acceptors (Lipinski definition) is 4. The highest BCUT2D eigenvalue weighted by atomic mass is 16.3. The van der Waals surface area contributed by atoms with Gasteiger partial charge in [-0.15, -0.1) is 0 Å². The van der Waals surface area contributed by atoms with Crippen molar-refractivity contribution in [1.82, 2.24) is 10.6 Å². The zero-order chi connectivity index (χ0) is 15.1. The summed E-state index contributed by atoms with van der Waals surface area (Å²) < 4.78 is 5.23. The van der Waals surface area contributed by atoms with E-state index < -0.39 is 0 Å². The molecule has 0 aliphatic rings. The van der Waals surface area contributed by atoms with Crippen molar-refractivity contribution in [2.45, 2.75) is 13.5 Å². The van der Waals surface area contributed by atoms with Crippen LogP contribution in [0.25, 0.3) is 0 Å². The molecule has 0 atom stereocenters. The monoisotopic (exact) mass is 283 g/mol. The largest absolute Gasteiger partial charge is 0.449 e. The topological polar surface area (TPSA) is 78.1 Å². The molecule has 2 rings (SSSR count). The number of benzene rings is 1. The molecule has 0 radical (unpaired) electrons. The molecule has 0 unspecified atom stereocenters. The molecule has 5 nitrogen and oxygen atoms in total. The van der Waals surface area contributed by atoms with Gasteiger partial charge in [-0.25, -0.2) is 0 Å². The highest BCUT2D eigenvalue weighted by molar-refractivity contribution is 5.94. The van der Waals surface area contributed by atoms with Crippen molar-refractivity contribution in [3.05, 3.63) is 59.0 Å². The minimum atomic E-state index is -0.0819. The molecule has 2 N–H and O–H groups in total. The molecule has 2 aromatic rings. The van der Waals surface area contributed by atoms with Gasteiger partial charge < -0.3 is 15.1 Å². The first-order valence-corrected chi connectivity index (χ1v) is 6.73. The van der Waals surface area contributed by atoms with Crippen LogP contribution in [0.5, 0.6) is 0 Å². The third-order valence-corrected chi connectivity index (χ3v) is 2.97. The second-order valence-corrected chi connectivity index (χ2v) is 4.68.